The predicted octanol–water partition coefficient (Wildman–Crippen LogP) is 4.26. The highest BCUT2D eigenvalue weighted by molar-refractivity contribution is 9.10. The van der Waals surface area contributed by atoms with Crippen LogP contribution in [0, 0.1) is 23.3 Å². The third-order valence-corrected chi connectivity index (χ3v) is 2.87. The second-order valence-electron chi connectivity index (χ2n) is 3.83. The van der Waals surface area contributed by atoms with Crippen LogP contribution in [0.5, 0.6) is 0 Å². The zero-order valence-electron chi connectivity index (χ0n) is 9.68. The molecule has 0 unspecified atom stereocenters. The second-order valence-corrected chi connectivity index (χ2v) is 4.74. The summed E-state index contributed by atoms with van der Waals surface area (Å²) >= 11 is 2.88. The summed E-state index contributed by atoms with van der Waals surface area (Å²) in [7, 11) is 0. The third kappa shape index (κ3) is 2.98. The van der Waals surface area contributed by atoms with E-state index >= 15 is 0 Å². The number of benzene rings is 2. The number of carbonyl (C=O) groups excluding carboxylic acids is 1. The minimum absolute atomic E-state index is 0.115. The standard InChI is InChI=1S/C13H6BrF4NO/c14-6-3-10(17)12(11(18)4-6)13(20)19-7-1-2-8(15)9(16)5-7/h1-5H,(H,19,20). The Kier molecular flexibility index (Phi) is 4.08. The fraction of sp³-hybridized carbons (Fsp3) is 0. The van der Waals surface area contributed by atoms with Gasteiger partial charge in [0.2, 0.25) is 0 Å². The molecule has 0 heterocycles. The van der Waals surface area contributed by atoms with Gasteiger partial charge < -0.3 is 5.32 Å². The summed E-state index contributed by atoms with van der Waals surface area (Å²) in [5.41, 5.74) is -0.923. The molecular weight excluding hydrogens is 342 g/mol. The molecule has 104 valence electrons. The lowest BCUT2D eigenvalue weighted by molar-refractivity contribution is 0.101. The van der Waals surface area contributed by atoms with Crippen LogP contribution in [0.25, 0.3) is 0 Å². The van der Waals surface area contributed by atoms with Gasteiger partial charge in [0.05, 0.1) is 0 Å². The molecule has 0 radical (unpaired) electrons. The molecule has 0 aliphatic rings. The lowest BCUT2D eigenvalue weighted by atomic mass is 10.1. The average Bonchev–Trinajstić information content (AvgIpc) is 2.32. The maximum Gasteiger partial charge on any atom is 0.261 e. The van der Waals surface area contributed by atoms with Gasteiger partial charge in [-0.2, -0.15) is 0 Å². The van der Waals surface area contributed by atoms with E-state index in [4.69, 9.17) is 0 Å². The Morgan fingerprint density at radius 2 is 1.50 bits per heavy atom. The van der Waals surface area contributed by atoms with E-state index in [1.807, 2.05) is 0 Å². The van der Waals surface area contributed by atoms with Crippen LogP contribution in [0.3, 0.4) is 0 Å². The first-order valence-corrected chi connectivity index (χ1v) is 6.08. The van der Waals surface area contributed by atoms with Crippen molar-refractivity contribution >= 4 is 27.5 Å². The van der Waals surface area contributed by atoms with Crippen molar-refractivity contribution in [1.82, 2.24) is 0 Å². The van der Waals surface area contributed by atoms with Gasteiger partial charge in [-0.3, -0.25) is 4.79 Å². The zero-order chi connectivity index (χ0) is 14.9. The molecule has 2 nitrogen and oxygen atoms in total. The van der Waals surface area contributed by atoms with Gasteiger partial charge in [-0.25, -0.2) is 17.6 Å². The summed E-state index contributed by atoms with van der Waals surface area (Å²) in [6.07, 6.45) is 0. The first kappa shape index (κ1) is 14.5. The molecule has 0 saturated heterocycles. The molecule has 1 amide bonds. The van der Waals surface area contributed by atoms with E-state index in [1.54, 1.807) is 0 Å². The van der Waals surface area contributed by atoms with Crippen LogP contribution >= 0.6 is 15.9 Å². The molecular formula is C13H6BrF4NO. The van der Waals surface area contributed by atoms with Crippen LogP contribution in [0.4, 0.5) is 23.2 Å². The van der Waals surface area contributed by atoms with Crippen molar-refractivity contribution in [1.29, 1.82) is 0 Å². The topological polar surface area (TPSA) is 29.1 Å². The molecule has 0 atom stereocenters. The van der Waals surface area contributed by atoms with Crippen molar-refractivity contribution in [3.63, 3.8) is 0 Å². The fourth-order valence-electron chi connectivity index (χ4n) is 1.53. The Labute approximate surface area is 119 Å². The number of rotatable bonds is 2. The predicted molar refractivity (Wildman–Crippen MR) is 68.4 cm³/mol. The molecule has 0 bridgehead atoms. The van der Waals surface area contributed by atoms with E-state index in [0.717, 1.165) is 24.3 Å². The summed E-state index contributed by atoms with van der Waals surface area (Å²) in [5.74, 6) is -5.52. The van der Waals surface area contributed by atoms with Crippen molar-refractivity contribution in [2.75, 3.05) is 5.32 Å². The Morgan fingerprint density at radius 3 is 2.05 bits per heavy atom. The first-order chi connectivity index (χ1) is 9.38. The number of anilines is 1. The number of amides is 1. The van der Waals surface area contributed by atoms with Crippen molar-refractivity contribution in [3.8, 4) is 0 Å². The molecule has 20 heavy (non-hydrogen) atoms. The Hall–Kier alpha value is -1.89. The van der Waals surface area contributed by atoms with Crippen LogP contribution in [0.15, 0.2) is 34.8 Å². The van der Waals surface area contributed by atoms with Crippen LogP contribution < -0.4 is 5.32 Å². The number of halogens is 5. The van der Waals surface area contributed by atoms with Crippen molar-refractivity contribution in [2.24, 2.45) is 0 Å². The molecule has 2 aromatic carbocycles. The quantitative estimate of drug-likeness (QED) is 0.808. The Bertz CT molecular complexity index is 667. The van der Waals surface area contributed by atoms with Gasteiger partial charge in [-0.15, -0.1) is 0 Å². The highest BCUT2D eigenvalue weighted by Gasteiger charge is 2.19. The molecule has 0 saturated carbocycles. The van der Waals surface area contributed by atoms with Crippen LogP contribution in [-0.2, 0) is 0 Å². The summed E-state index contributed by atoms with van der Waals surface area (Å²) in [6.45, 7) is 0. The van der Waals surface area contributed by atoms with Crippen molar-refractivity contribution in [2.45, 2.75) is 0 Å². The normalized spacial score (nSPS) is 10.4. The molecule has 2 aromatic rings. The zero-order valence-corrected chi connectivity index (χ0v) is 11.3. The second kappa shape index (κ2) is 5.62. The maximum absolute atomic E-state index is 13.5. The van der Waals surface area contributed by atoms with Gasteiger partial charge in [0, 0.05) is 16.2 Å². The first-order valence-electron chi connectivity index (χ1n) is 5.29. The fourth-order valence-corrected chi connectivity index (χ4v) is 1.93. The lowest BCUT2D eigenvalue weighted by Gasteiger charge is -2.08. The average molecular weight is 348 g/mol. The molecule has 7 heteroatoms. The van der Waals surface area contributed by atoms with E-state index in [1.165, 1.54) is 0 Å². The molecule has 0 fully saturated rings. The van der Waals surface area contributed by atoms with E-state index in [9.17, 15) is 22.4 Å². The molecule has 0 aliphatic carbocycles. The Morgan fingerprint density at radius 1 is 0.900 bits per heavy atom. The van der Waals surface area contributed by atoms with Crippen molar-refractivity contribution < 1.29 is 22.4 Å². The maximum atomic E-state index is 13.5. The SMILES string of the molecule is O=C(Nc1ccc(F)c(F)c1)c1c(F)cc(Br)cc1F. The van der Waals surface area contributed by atoms with Crippen LogP contribution in [0.2, 0.25) is 0 Å². The monoisotopic (exact) mass is 347 g/mol. The van der Waals surface area contributed by atoms with E-state index in [2.05, 4.69) is 21.2 Å². The molecule has 0 aliphatic heterocycles. The van der Waals surface area contributed by atoms with Gasteiger partial charge in [-0.05, 0) is 24.3 Å². The summed E-state index contributed by atoms with van der Waals surface area (Å²) in [5, 5.41) is 2.09. The largest absolute Gasteiger partial charge is 0.322 e. The van der Waals surface area contributed by atoms with Crippen molar-refractivity contribution in [3.05, 3.63) is 63.6 Å². The Balaban J connectivity index is 2.31. The molecule has 0 spiro atoms. The summed E-state index contributed by atoms with van der Waals surface area (Å²) < 4.78 is 52.9. The summed E-state index contributed by atoms with van der Waals surface area (Å²) in [4.78, 5) is 11.7. The number of nitrogens with one attached hydrogen (secondary N) is 1. The lowest BCUT2D eigenvalue weighted by Crippen LogP contribution is -2.16. The van der Waals surface area contributed by atoms with E-state index < -0.39 is 34.7 Å². The third-order valence-electron chi connectivity index (χ3n) is 2.41. The number of carbonyl (C=O) groups is 1. The summed E-state index contributed by atoms with van der Waals surface area (Å²) in [6, 6.07) is 4.42. The van der Waals surface area contributed by atoms with Gasteiger partial charge in [0.1, 0.15) is 17.2 Å². The molecule has 1 N–H and O–H groups in total. The van der Waals surface area contributed by atoms with Gasteiger partial charge in [0.15, 0.2) is 11.6 Å². The van der Waals surface area contributed by atoms with Gasteiger partial charge in [0.25, 0.3) is 5.91 Å². The van der Waals surface area contributed by atoms with Crippen LogP contribution in [0.1, 0.15) is 10.4 Å². The number of hydrogen-bond donors (Lipinski definition) is 1. The van der Waals surface area contributed by atoms with Crippen LogP contribution in [-0.4, -0.2) is 5.91 Å². The van der Waals surface area contributed by atoms with Gasteiger partial charge >= 0.3 is 0 Å². The molecule has 0 aromatic heterocycles. The smallest absolute Gasteiger partial charge is 0.261 e. The highest BCUT2D eigenvalue weighted by atomic mass is 79.9. The number of hydrogen-bond acceptors (Lipinski definition) is 1. The van der Waals surface area contributed by atoms with E-state index in [-0.39, 0.29) is 10.2 Å². The highest BCUT2D eigenvalue weighted by Crippen LogP contribution is 2.21. The molecule has 2 rings (SSSR count). The minimum Gasteiger partial charge on any atom is -0.322 e. The minimum atomic E-state index is -1.18. The van der Waals surface area contributed by atoms with E-state index in [0.29, 0.717) is 6.07 Å². The van der Waals surface area contributed by atoms with Gasteiger partial charge in [-0.1, -0.05) is 15.9 Å².